The van der Waals surface area contributed by atoms with Gasteiger partial charge in [0, 0.05) is 0 Å². The third-order valence-electron chi connectivity index (χ3n) is 4.77. The average Bonchev–Trinajstić information content (AvgIpc) is 2.86. The molecule has 3 aromatic carbocycles. The number of nitriles is 1. The average molecular weight is 457 g/mol. The van der Waals surface area contributed by atoms with Crippen LogP contribution in [0.15, 0.2) is 88.8 Å². The number of rotatable bonds is 8. The van der Waals surface area contributed by atoms with E-state index in [2.05, 4.69) is 16.4 Å². The molecule has 0 saturated carbocycles. The van der Waals surface area contributed by atoms with Crippen LogP contribution >= 0.6 is 11.8 Å². The third-order valence-corrected chi connectivity index (χ3v) is 5.71. The number of para-hydroxylation sites is 2. The molecule has 1 amide bonds. The van der Waals surface area contributed by atoms with Gasteiger partial charge >= 0.3 is 0 Å². The summed E-state index contributed by atoms with van der Waals surface area (Å²) >= 11 is 1.18. The van der Waals surface area contributed by atoms with Gasteiger partial charge in [-0.3, -0.25) is 14.2 Å². The van der Waals surface area contributed by atoms with Crippen molar-refractivity contribution in [3.05, 3.63) is 94.8 Å². The van der Waals surface area contributed by atoms with Crippen molar-refractivity contribution in [3.63, 3.8) is 0 Å². The first kappa shape index (κ1) is 22.1. The Kier molecular flexibility index (Phi) is 7.03. The van der Waals surface area contributed by atoms with E-state index in [1.54, 1.807) is 42.5 Å². The number of nitrogens with zero attached hydrogens (tertiary/aromatic N) is 3. The lowest BCUT2D eigenvalue weighted by atomic mass is 10.2. The molecule has 0 unspecified atom stereocenters. The smallest absolute Gasteiger partial charge is 0.266 e. The summed E-state index contributed by atoms with van der Waals surface area (Å²) in [5, 5.41) is 12.8. The zero-order valence-corrected chi connectivity index (χ0v) is 18.4. The van der Waals surface area contributed by atoms with Gasteiger partial charge < -0.3 is 10.1 Å². The molecule has 1 N–H and O–H groups in total. The minimum Gasteiger partial charge on any atom is -0.492 e. The minimum atomic E-state index is -0.232. The Hall–Kier alpha value is -4.09. The summed E-state index contributed by atoms with van der Waals surface area (Å²) in [6.45, 7) is 0.715. The van der Waals surface area contributed by atoms with Gasteiger partial charge in [0.15, 0.2) is 5.16 Å². The lowest BCUT2D eigenvalue weighted by Gasteiger charge is -2.13. The van der Waals surface area contributed by atoms with E-state index in [0.717, 1.165) is 5.75 Å². The summed E-state index contributed by atoms with van der Waals surface area (Å²) in [4.78, 5) is 30.2. The number of thioether (sulfide) groups is 1. The van der Waals surface area contributed by atoms with Crippen LogP contribution in [-0.2, 0) is 4.79 Å². The highest BCUT2D eigenvalue weighted by molar-refractivity contribution is 7.99. The van der Waals surface area contributed by atoms with Crippen LogP contribution in [0.1, 0.15) is 5.56 Å². The molecule has 0 aliphatic heterocycles. The van der Waals surface area contributed by atoms with Gasteiger partial charge in [0.05, 0.1) is 40.5 Å². The molecular formula is C25H20N4O3S. The highest BCUT2D eigenvalue weighted by Crippen LogP contribution is 2.21. The molecule has 4 aromatic rings. The second-order valence-electron chi connectivity index (χ2n) is 7.01. The van der Waals surface area contributed by atoms with Crippen LogP contribution in [-0.4, -0.2) is 34.4 Å². The molecule has 33 heavy (non-hydrogen) atoms. The first-order valence-electron chi connectivity index (χ1n) is 10.3. The summed E-state index contributed by atoms with van der Waals surface area (Å²) in [6.07, 6.45) is 0. The van der Waals surface area contributed by atoms with Gasteiger partial charge in [-0.25, -0.2) is 4.98 Å². The maximum Gasteiger partial charge on any atom is 0.266 e. The molecule has 164 valence electrons. The SMILES string of the molecule is N#Cc1ccc(-n2c(SCC(=O)NCCOc3ccccc3)nc3ccccc3c2=O)cc1. The van der Waals surface area contributed by atoms with Gasteiger partial charge in [-0.1, -0.05) is 42.1 Å². The predicted octanol–water partition coefficient (Wildman–Crippen LogP) is 3.54. The Morgan fingerprint density at radius 3 is 2.52 bits per heavy atom. The lowest BCUT2D eigenvalue weighted by molar-refractivity contribution is -0.118. The van der Waals surface area contributed by atoms with Crippen LogP contribution in [0.4, 0.5) is 0 Å². The Morgan fingerprint density at radius 2 is 1.76 bits per heavy atom. The van der Waals surface area contributed by atoms with Crippen molar-refractivity contribution in [2.75, 3.05) is 18.9 Å². The van der Waals surface area contributed by atoms with Gasteiger partial charge in [-0.15, -0.1) is 0 Å². The van der Waals surface area contributed by atoms with Gasteiger partial charge in [0.1, 0.15) is 12.4 Å². The second kappa shape index (κ2) is 10.5. The maximum atomic E-state index is 13.2. The van der Waals surface area contributed by atoms with Crippen LogP contribution in [0.2, 0.25) is 0 Å². The van der Waals surface area contributed by atoms with Crippen LogP contribution < -0.4 is 15.6 Å². The maximum absolute atomic E-state index is 13.2. The van der Waals surface area contributed by atoms with Gasteiger partial charge in [0.25, 0.3) is 5.56 Å². The molecule has 0 atom stereocenters. The lowest BCUT2D eigenvalue weighted by Crippen LogP contribution is -2.30. The number of fused-ring (bicyclic) bond motifs is 1. The number of hydrogen-bond acceptors (Lipinski definition) is 6. The number of ether oxygens (including phenoxy) is 1. The van der Waals surface area contributed by atoms with E-state index in [1.807, 2.05) is 36.4 Å². The number of carbonyl (C=O) groups excluding carboxylic acids is 1. The van der Waals surface area contributed by atoms with E-state index in [0.29, 0.717) is 40.5 Å². The fraction of sp³-hybridized carbons (Fsp3) is 0.120. The fourth-order valence-corrected chi connectivity index (χ4v) is 4.02. The summed E-state index contributed by atoms with van der Waals surface area (Å²) < 4.78 is 7.05. The van der Waals surface area contributed by atoms with Gasteiger partial charge in [-0.2, -0.15) is 5.26 Å². The van der Waals surface area contributed by atoms with Crippen LogP contribution in [0.25, 0.3) is 16.6 Å². The highest BCUT2D eigenvalue weighted by atomic mass is 32.2. The van der Waals surface area contributed by atoms with Crippen LogP contribution in [0.5, 0.6) is 5.75 Å². The fourth-order valence-electron chi connectivity index (χ4n) is 3.18. The number of amides is 1. The molecule has 0 spiro atoms. The Labute approximate surface area is 194 Å². The topological polar surface area (TPSA) is 97.0 Å². The first-order chi connectivity index (χ1) is 16.2. The van der Waals surface area contributed by atoms with Crippen molar-refractivity contribution < 1.29 is 9.53 Å². The summed E-state index contributed by atoms with van der Waals surface area (Å²) in [6, 6.07) is 25.2. The summed E-state index contributed by atoms with van der Waals surface area (Å²) in [7, 11) is 0. The predicted molar refractivity (Wildman–Crippen MR) is 128 cm³/mol. The largest absolute Gasteiger partial charge is 0.492 e. The summed E-state index contributed by atoms with van der Waals surface area (Å²) in [5.41, 5.74) is 1.40. The van der Waals surface area contributed by atoms with Crippen molar-refractivity contribution in [2.24, 2.45) is 0 Å². The molecular weight excluding hydrogens is 436 g/mol. The first-order valence-corrected chi connectivity index (χ1v) is 11.2. The van der Waals surface area contributed by atoms with E-state index in [1.165, 1.54) is 16.3 Å². The normalized spacial score (nSPS) is 10.5. The molecule has 0 bridgehead atoms. The van der Waals surface area contributed by atoms with Crippen molar-refractivity contribution >= 4 is 28.6 Å². The number of nitrogens with one attached hydrogen (secondary N) is 1. The second-order valence-corrected chi connectivity index (χ2v) is 7.95. The number of aromatic nitrogens is 2. The molecule has 0 saturated heterocycles. The monoisotopic (exact) mass is 456 g/mol. The molecule has 0 aliphatic carbocycles. The van der Waals surface area contributed by atoms with E-state index >= 15 is 0 Å². The van der Waals surface area contributed by atoms with E-state index in [4.69, 9.17) is 10.00 Å². The molecule has 1 aromatic heterocycles. The van der Waals surface area contributed by atoms with Crippen LogP contribution in [0.3, 0.4) is 0 Å². The van der Waals surface area contributed by atoms with Crippen LogP contribution in [0, 0.1) is 11.3 Å². The Balaban J connectivity index is 1.48. The number of hydrogen-bond donors (Lipinski definition) is 1. The van der Waals surface area contributed by atoms with E-state index in [9.17, 15) is 9.59 Å². The molecule has 0 aliphatic rings. The molecule has 7 nitrogen and oxygen atoms in total. The van der Waals surface area contributed by atoms with Crippen molar-refractivity contribution in [1.82, 2.24) is 14.9 Å². The molecule has 1 heterocycles. The standard InChI is InChI=1S/C25H20N4O3S/c26-16-18-10-12-19(13-11-18)29-24(31)21-8-4-5-9-22(21)28-25(29)33-17-23(30)27-14-15-32-20-6-2-1-3-7-20/h1-13H,14-15,17H2,(H,27,30). The number of benzene rings is 3. The minimum absolute atomic E-state index is 0.0897. The van der Waals surface area contributed by atoms with E-state index < -0.39 is 0 Å². The van der Waals surface area contributed by atoms with Crippen molar-refractivity contribution in [2.45, 2.75) is 5.16 Å². The Morgan fingerprint density at radius 1 is 1.03 bits per heavy atom. The van der Waals surface area contributed by atoms with E-state index in [-0.39, 0.29) is 17.2 Å². The molecule has 4 rings (SSSR count). The third kappa shape index (κ3) is 5.40. The zero-order chi connectivity index (χ0) is 23.0. The number of carbonyl (C=O) groups is 1. The van der Waals surface area contributed by atoms with Crippen molar-refractivity contribution in [1.29, 1.82) is 5.26 Å². The quantitative estimate of drug-likeness (QED) is 0.247. The summed E-state index contributed by atoms with van der Waals surface area (Å²) in [5.74, 6) is 0.644. The van der Waals surface area contributed by atoms with Crippen molar-refractivity contribution in [3.8, 4) is 17.5 Å². The molecule has 8 heteroatoms. The van der Waals surface area contributed by atoms with Gasteiger partial charge in [-0.05, 0) is 48.5 Å². The van der Waals surface area contributed by atoms with Gasteiger partial charge in [0.2, 0.25) is 5.91 Å². The Bertz CT molecular complexity index is 1360. The zero-order valence-electron chi connectivity index (χ0n) is 17.6. The highest BCUT2D eigenvalue weighted by Gasteiger charge is 2.15. The molecule has 0 radical (unpaired) electrons. The molecule has 0 fully saturated rings.